The Kier molecular flexibility index (Phi) is 4.21. The molecular weight excluding hydrogens is 248 g/mol. The van der Waals surface area contributed by atoms with Crippen molar-refractivity contribution in [3.05, 3.63) is 35.4 Å². The highest BCUT2D eigenvalue weighted by Crippen LogP contribution is 2.42. The molecule has 1 saturated carbocycles. The molecule has 106 valence electrons. The maximum atomic E-state index is 13.1. The van der Waals surface area contributed by atoms with Crippen LogP contribution in [0.3, 0.4) is 0 Å². The van der Waals surface area contributed by atoms with E-state index >= 15 is 0 Å². The van der Waals surface area contributed by atoms with E-state index in [1.165, 1.54) is 12.1 Å². The number of nitrogens with one attached hydrogen (secondary N) is 1. The molecule has 1 N–H and O–H groups in total. The predicted molar refractivity (Wildman–Crippen MR) is 70.8 cm³/mol. The van der Waals surface area contributed by atoms with Crippen LogP contribution in [-0.2, 0) is 11.3 Å². The van der Waals surface area contributed by atoms with E-state index in [9.17, 15) is 8.78 Å². The number of benzene rings is 1. The van der Waals surface area contributed by atoms with E-state index in [2.05, 4.69) is 19.2 Å². The lowest BCUT2D eigenvalue weighted by Gasteiger charge is -2.52. The minimum atomic E-state index is -0.802. The molecule has 0 bridgehead atoms. The summed E-state index contributed by atoms with van der Waals surface area (Å²) in [7, 11) is 0. The minimum Gasteiger partial charge on any atom is -0.378 e. The summed E-state index contributed by atoms with van der Waals surface area (Å²) in [4.78, 5) is 0. The summed E-state index contributed by atoms with van der Waals surface area (Å²) in [5.74, 6) is -1.59. The zero-order valence-electron chi connectivity index (χ0n) is 11.7. The highest BCUT2D eigenvalue weighted by atomic mass is 19.2. The molecule has 0 saturated heterocycles. The van der Waals surface area contributed by atoms with Gasteiger partial charge < -0.3 is 10.1 Å². The zero-order chi connectivity index (χ0) is 14.0. The van der Waals surface area contributed by atoms with Gasteiger partial charge in [-0.1, -0.05) is 19.9 Å². The van der Waals surface area contributed by atoms with Gasteiger partial charge in [-0.2, -0.15) is 0 Å². The molecule has 2 atom stereocenters. The number of halogens is 2. The summed E-state index contributed by atoms with van der Waals surface area (Å²) in [5, 5.41) is 3.39. The fourth-order valence-corrected chi connectivity index (χ4v) is 2.61. The Balaban J connectivity index is 1.88. The third-order valence-electron chi connectivity index (χ3n) is 4.08. The molecule has 1 aliphatic rings. The van der Waals surface area contributed by atoms with Crippen LogP contribution in [0.2, 0.25) is 0 Å². The van der Waals surface area contributed by atoms with Crippen molar-refractivity contribution in [2.45, 2.75) is 45.9 Å². The van der Waals surface area contributed by atoms with Crippen LogP contribution in [0.25, 0.3) is 0 Å². The number of hydrogen-bond donors (Lipinski definition) is 1. The molecule has 1 fully saturated rings. The lowest BCUT2D eigenvalue weighted by molar-refractivity contribution is -0.114. The summed E-state index contributed by atoms with van der Waals surface area (Å²) in [6.45, 7) is 7.60. The Bertz CT molecular complexity index is 448. The summed E-state index contributed by atoms with van der Waals surface area (Å²) in [6.07, 6.45) is 1.24. The van der Waals surface area contributed by atoms with Crippen LogP contribution in [0, 0.1) is 17.0 Å². The third-order valence-corrected chi connectivity index (χ3v) is 4.08. The fourth-order valence-electron chi connectivity index (χ4n) is 2.61. The Morgan fingerprint density at radius 2 is 2.05 bits per heavy atom. The van der Waals surface area contributed by atoms with Crippen molar-refractivity contribution in [2.24, 2.45) is 5.41 Å². The molecule has 4 heteroatoms. The monoisotopic (exact) mass is 269 g/mol. The van der Waals surface area contributed by atoms with Gasteiger partial charge in [-0.15, -0.1) is 0 Å². The molecular formula is C15H21F2NO. The average molecular weight is 269 g/mol. The van der Waals surface area contributed by atoms with Gasteiger partial charge in [0.25, 0.3) is 0 Å². The molecule has 1 aromatic rings. The van der Waals surface area contributed by atoms with Gasteiger partial charge in [-0.05, 0) is 31.0 Å². The third kappa shape index (κ3) is 2.95. The number of ether oxygens (including phenoxy) is 1. The van der Waals surface area contributed by atoms with Gasteiger partial charge in [-0.25, -0.2) is 8.78 Å². The quantitative estimate of drug-likeness (QED) is 0.886. The van der Waals surface area contributed by atoms with Gasteiger partial charge in [0.05, 0.1) is 6.10 Å². The van der Waals surface area contributed by atoms with Gasteiger partial charge in [0, 0.05) is 24.6 Å². The van der Waals surface area contributed by atoms with E-state index in [4.69, 9.17) is 4.74 Å². The van der Waals surface area contributed by atoms with Crippen LogP contribution < -0.4 is 5.32 Å². The van der Waals surface area contributed by atoms with Gasteiger partial charge >= 0.3 is 0 Å². The molecule has 2 rings (SSSR count). The van der Waals surface area contributed by atoms with Crippen LogP contribution in [0.5, 0.6) is 0 Å². The second-order valence-corrected chi connectivity index (χ2v) is 5.68. The second kappa shape index (κ2) is 5.55. The molecule has 1 aliphatic carbocycles. The van der Waals surface area contributed by atoms with Crippen molar-refractivity contribution in [3.63, 3.8) is 0 Å². The van der Waals surface area contributed by atoms with Crippen LogP contribution >= 0.6 is 0 Å². The Morgan fingerprint density at radius 1 is 1.32 bits per heavy atom. The van der Waals surface area contributed by atoms with Crippen molar-refractivity contribution in [3.8, 4) is 0 Å². The largest absolute Gasteiger partial charge is 0.378 e. The fraction of sp³-hybridized carbons (Fsp3) is 0.600. The van der Waals surface area contributed by atoms with Gasteiger partial charge in [-0.3, -0.25) is 0 Å². The van der Waals surface area contributed by atoms with Gasteiger partial charge in [0.15, 0.2) is 11.6 Å². The van der Waals surface area contributed by atoms with Crippen LogP contribution in [0.15, 0.2) is 18.2 Å². The predicted octanol–water partition coefficient (Wildman–Crippen LogP) is 3.26. The molecule has 2 nitrogen and oxygen atoms in total. The molecule has 0 amide bonds. The molecule has 0 aliphatic heterocycles. The summed E-state index contributed by atoms with van der Waals surface area (Å²) in [5.41, 5.74) is 0.837. The van der Waals surface area contributed by atoms with Gasteiger partial charge in [0.1, 0.15) is 0 Å². The minimum absolute atomic E-state index is 0.0780. The van der Waals surface area contributed by atoms with E-state index in [0.29, 0.717) is 12.6 Å². The number of rotatable bonds is 5. The highest BCUT2D eigenvalue weighted by Gasteiger charge is 2.48. The molecule has 0 radical (unpaired) electrons. The van der Waals surface area contributed by atoms with Crippen molar-refractivity contribution < 1.29 is 13.5 Å². The lowest BCUT2D eigenvalue weighted by Crippen LogP contribution is -2.60. The Morgan fingerprint density at radius 3 is 2.63 bits per heavy atom. The van der Waals surface area contributed by atoms with E-state index in [0.717, 1.165) is 18.6 Å². The van der Waals surface area contributed by atoms with Crippen molar-refractivity contribution in [1.29, 1.82) is 0 Å². The molecule has 0 spiro atoms. The van der Waals surface area contributed by atoms with Crippen molar-refractivity contribution in [1.82, 2.24) is 5.32 Å². The maximum absolute atomic E-state index is 13.1. The first-order chi connectivity index (χ1) is 8.95. The summed E-state index contributed by atoms with van der Waals surface area (Å²) >= 11 is 0. The smallest absolute Gasteiger partial charge is 0.159 e. The van der Waals surface area contributed by atoms with E-state index in [1.807, 2.05) is 6.92 Å². The molecule has 19 heavy (non-hydrogen) atoms. The maximum Gasteiger partial charge on any atom is 0.159 e. The molecule has 0 aromatic heterocycles. The second-order valence-electron chi connectivity index (χ2n) is 5.68. The first kappa shape index (κ1) is 14.4. The normalized spacial score (nSPS) is 25.1. The SMILES string of the molecule is CCOC1CC(NCc2ccc(F)c(F)c2)C1(C)C. The standard InChI is InChI=1S/C15H21F2NO/c1-4-19-14-8-13(15(14,2)3)18-9-10-5-6-11(16)12(17)7-10/h5-7,13-14,18H,4,8-9H2,1-3H3. The highest BCUT2D eigenvalue weighted by molar-refractivity contribution is 5.18. The zero-order valence-corrected chi connectivity index (χ0v) is 11.7. The van der Waals surface area contributed by atoms with Crippen LogP contribution in [0.1, 0.15) is 32.8 Å². The molecule has 2 unspecified atom stereocenters. The summed E-state index contributed by atoms with van der Waals surface area (Å²) in [6, 6.07) is 4.36. The van der Waals surface area contributed by atoms with Crippen molar-refractivity contribution in [2.75, 3.05) is 6.61 Å². The number of hydrogen-bond acceptors (Lipinski definition) is 2. The first-order valence-corrected chi connectivity index (χ1v) is 6.74. The van der Waals surface area contributed by atoms with Crippen LogP contribution in [0.4, 0.5) is 8.78 Å². The van der Waals surface area contributed by atoms with Crippen molar-refractivity contribution >= 4 is 0 Å². The van der Waals surface area contributed by atoms with Crippen LogP contribution in [-0.4, -0.2) is 18.8 Å². The summed E-state index contributed by atoms with van der Waals surface area (Å²) < 4.78 is 31.6. The topological polar surface area (TPSA) is 21.3 Å². The average Bonchev–Trinajstić information content (AvgIpc) is 2.37. The Hall–Kier alpha value is -1.00. The Labute approximate surface area is 113 Å². The lowest BCUT2D eigenvalue weighted by atomic mass is 9.64. The molecule has 1 aromatic carbocycles. The van der Waals surface area contributed by atoms with E-state index in [-0.39, 0.29) is 11.5 Å². The van der Waals surface area contributed by atoms with E-state index in [1.54, 1.807) is 6.07 Å². The molecule has 0 heterocycles. The van der Waals surface area contributed by atoms with Gasteiger partial charge in [0.2, 0.25) is 0 Å². The first-order valence-electron chi connectivity index (χ1n) is 6.74. The van der Waals surface area contributed by atoms with E-state index < -0.39 is 11.6 Å².